The topological polar surface area (TPSA) is 78.3 Å². The number of hydrogen-bond donors (Lipinski definition) is 2. The summed E-state index contributed by atoms with van der Waals surface area (Å²) in [5.41, 5.74) is 11.3. The molecule has 0 radical (unpaired) electrons. The Hall–Kier alpha value is -2.56. The third-order valence-electron chi connectivity index (χ3n) is 2.29. The predicted octanol–water partition coefficient (Wildman–Crippen LogP) is 2.30. The fraction of sp³-hybridized carbons (Fsp3) is 0. The molecule has 4 N–H and O–H groups in total. The molecular weight excluding hydrogens is 235 g/mol. The molecule has 0 aliphatic rings. The molecule has 2 rings (SSSR count). The van der Waals surface area contributed by atoms with Gasteiger partial charge in [0.05, 0.1) is 5.56 Å². The largest absolute Gasteiger partial charge is 0.456 e. The van der Waals surface area contributed by atoms with E-state index in [4.69, 9.17) is 16.2 Å². The van der Waals surface area contributed by atoms with Gasteiger partial charge in [0, 0.05) is 11.8 Å². The van der Waals surface area contributed by atoms with Crippen LogP contribution in [0.2, 0.25) is 0 Å². The third-order valence-corrected chi connectivity index (χ3v) is 2.29. The molecule has 0 heterocycles. The van der Waals surface area contributed by atoms with E-state index in [9.17, 15) is 9.18 Å². The van der Waals surface area contributed by atoms with Crippen molar-refractivity contribution < 1.29 is 13.9 Å². The highest BCUT2D eigenvalue weighted by Gasteiger charge is 2.11. The molecule has 0 bridgehead atoms. The second kappa shape index (κ2) is 4.75. The molecule has 18 heavy (non-hydrogen) atoms. The molecule has 0 fully saturated rings. The second-order valence-corrected chi connectivity index (χ2v) is 3.68. The van der Waals surface area contributed by atoms with E-state index in [2.05, 4.69) is 0 Å². The van der Waals surface area contributed by atoms with Crippen molar-refractivity contribution in [3.05, 3.63) is 53.8 Å². The van der Waals surface area contributed by atoms with E-state index in [1.165, 1.54) is 12.1 Å². The minimum atomic E-state index is -0.756. The van der Waals surface area contributed by atoms with Crippen LogP contribution in [0.25, 0.3) is 0 Å². The van der Waals surface area contributed by atoms with E-state index in [0.717, 1.165) is 6.07 Å². The number of nitrogens with two attached hydrogens (primary N) is 2. The Morgan fingerprint density at radius 3 is 2.61 bits per heavy atom. The van der Waals surface area contributed by atoms with E-state index in [1.54, 1.807) is 24.3 Å². The van der Waals surface area contributed by atoms with Crippen LogP contribution in [0.1, 0.15) is 10.4 Å². The van der Waals surface area contributed by atoms with Crippen molar-refractivity contribution >= 4 is 11.6 Å². The maximum atomic E-state index is 13.0. The smallest absolute Gasteiger partial charge is 0.252 e. The summed E-state index contributed by atoms with van der Waals surface area (Å²) in [4.78, 5) is 11.2. The Labute approximate surface area is 103 Å². The first-order valence-corrected chi connectivity index (χ1v) is 5.19. The Kier molecular flexibility index (Phi) is 3.14. The first kappa shape index (κ1) is 11.9. The molecule has 92 valence electrons. The number of nitrogen functional groups attached to an aromatic ring is 1. The highest BCUT2D eigenvalue weighted by atomic mass is 19.1. The average molecular weight is 246 g/mol. The van der Waals surface area contributed by atoms with E-state index >= 15 is 0 Å². The number of primary amides is 1. The average Bonchev–Trinajstić information content (AvgIpc) is 2.31. The van der Waals surface area contributed by atoms with Crippen LogP contribution in [0.4, 0.5) is 10.1 Å². The van der Waals surface area contributed by atoms with Gasteiger partial charge in [0.25, 0.3) is 5.91 Å². The van der Waals surface area contributed by atoms with Crippen molar-refractivity contribution in [3.8, 4) is 11.5 Å². The van der Waals surface area contributed by atoms with E-state index < -0.39 is 11.7 Å². The number of ether oxygens (including phenoxy) is 1. The lowest BCUT2D eigenvalue weighted by Crippen LogP contribution is -2.12. The van der Waals surface area contributed by atoms with Crippen molar-refractivity contribution in [1.29, 1.82) is 0 Å². The Morgan fingerprint density at radius 2 is 1.94 bits per heavy atom. The van der Waals surface area contributed by atoms with Gasteiger partial charge < -0.3 is 16.2 Å². The summed E-state index contributed by atoms with van der Waals surface area (Å²) >= 11 is 0. The molecule has 5 heteroatoms. The standard InChI is InChI=1S/C13H11FN2O2/c14-8-4-5-12(11(6-8)13(16)17)18-10-3-1-2-9(15)7-10/h1-7H,15H2,(H2,16,17). The highest BCUT2D eigenvalue weighted by Crippen LogP contribution is 2.26. The molecule has 2 aromatic rings. The third kappa shape index (κ3) is 2.57. The normalized spacial score (nSPS) is 10.1. The summed E-state index contributed by atoms with van der Waals surface area (Å²) in [5.74, 6) is -0.671. The van der Waals surface area contributed by atoms with Crippen LogP contribution >= 0.6 is 0 Å². The molecule has 0 saturated heterocycles. The van der Waals surface area contributed by atoms with Crippen LogP contribution in [0.3, 0.4) is 0 Å². The van der Waals surface area contributed by atoms with Crippen molar-refractivity contribution in [2.45, 2.75) is 0 Å². The van der Waals surface area contributed by atoms with Gasteiger partial charge in [0.1, 0.15) is 17.3 Å². The van der Waals surface area contributed by atoms with Crippen molar-refractivity contribution in [2.75, 3.05) is 5.73 Å². The van der Waals surface area contributed by atoms with Crippen molar-refractivity contribution in [2.24, 2.45) is 5.73 Å². The molecule has 0 aliphatic heterocycles. The zero-order valence-corrected chi connectivity index (χ0v) is 9.39. The summed E-state index contributed by atoms with van der Waals surface area (Å²) in [6.45, 7) is 0. The van der Waals surface area contributed by atoms with Gasteiger partial charge >= 0.3 is 0 Å². The zero-order chi connectivity index (χ0) is 13.1. The second-order valence-electron chi connectivity index (χ2n) is 3.68. The van der Waals surface area contributed by atoms with E-state index in [1.807, 2.05) is 0 Å². The number of benzene rings is 2. The van der Waals surface area contributed by atoms with Gasteiger partial charge in [-0.15, -0.1) is 0 Å². The van der Waals surface area contributed by atoms with Crippen LogP contribution in [0.15, 0.2) is 42.5 Å². The summed E-state index contributed by atoms with van der Waals surface area (Å²) in [5, 5.41) is 0. The number of halogens is 1. The van der Waals surface area contributed by atoms with Gasteiger partial charge in [-0.1, -0.05) is 6.07 Å². The number of anilines is 1. The Bertz CT molecular complexity index is 599. The summed E-state index contributed by atoms with van der Waals surface area (Å²) in [6, 6.07) is 10.2. The van der Waals surface area contributed by atoms with Crippen LogP contribution in [0, 0.1) is 5.82 Å². The molecule has 0 saturated carbocycles. The van der Waals surface area contributed by atoms with Gasteiger partial charge in [0.2, 0.25) is 0 Å². The molecule has 0 aliphatic carbocycles. The Balaban J connectivity index is 2.37. The SMILES string of the molecule is NC(=O)c1cc(F)ccc1Oc1cccc(N)c1. The maximum absolute atomic E-state index is 13.0. The summed E-state index contributed by atoms with van der Waals surface area (Å²) < 4.78 is 18.5. The molecule has 4 nitrogen and oxygen atoms in total. The zero-order valence-electron chi connectivity index (χ0n) is 9.39. The molecule has 2 aromatic carbocycles. The molecular formula is C13H11FN2O2. The van der Waals surface area contributed by atoms with Crippen LogP contribution < -0.4 is 16.2 Å². The lowest BCUT2D eigenvalue weighted by molar-refractivity contribution is 0.0997. The fourth-order valence-electron chi connectivity index (χ4n) is 1.49. The van der Waals surface area contributed by atoms with Gasteiger partial charge in [-0.3, -0.25) is 4.79 Å². The van der Waals surface area contributed by atoms with Gasteiger partial charge in [-0.25, -0.2) is 4.39 Å². The monoisotopic (exact) mass is 246 g/mol. The van der Waals surface area contributed by atoms with Gasteiger partial charge in [0.15, 0.2) is 0 Å². The molecule has 0 atom stereocenters. The first-order valence-electron chi connectivity index (χ1n) is 5.19. The lowest BCUT2D eigenvalue weighted by Gasteiger charge is -2.09. The van der Waals surface area contributed by atoms with E-state index in [-0.39, 0.29) is 11.3 Å². The van der Waals surface area contributed by atoms with Crippen molar-refractivity contribution in [1.82, 2.24) is 0 Å². The maximum Gasteiger partial charge on any atom is 0.252 e. The van der Waals surface area contributed by atoms with Crippen LogP contribution in [-0.2, 0) is 0 Å². The minimum absolute atomic E-state index is 0.0163. The number of amides is 1. The van der Waals surface area contributed by atoms with Gasteiger partial charge in [-0.2, -0.15) is 0 Å². The fourth-order valence-corrected chi connectivity index (χ4v) is 1.49. The number of hydrogen-bond acceptors (Lipinski definition) is 3. The van der Waals surface area contributed by atoms with Crippen molar-refractivity contribution in [3.63, 3.8) is 0 Å². The first-order chi connectivity index (χ1) is 8.56. The molecule has 0 unspecified atom stereocenters. The van der Waals surface area contributed by atoms with Crippen LogP contribution in [-0.4, -0.2) is 5.91 Å². The highest BCUT2D eigenvalue weighted by molar-refractivity contribution is 5.95. The number of carbonyl (C=O) groups excluding carboxylic acids is 1. The number of rotatable bonds is 3. The molecule has 0 aromatic heterocycles. The lowest BCUT2D eigenvalue weighted by atomic mass is 10.2. The summed E-state index contributed by atoms with van der Waals surface area (Å²) in [6.07, 6.45) is 0. The minimum Gasteiger partial charge on any atom is -0.456 e. The Morgan fingerprint density at radius 1 is 1.17 bits per heavy atom. The predicted molar refractivity (Wildman–Crippen MR) is 65.8 cm³/mol. The molecule has 0 spiro atoms. The van der Waals surface area contributed by atoms with E-state index in [0.29, 0.717) is 11.4 Å². The molecule has 1 amide bonds. The van der Waals surface area contributed by atoms with Crippen LogP contribution in [0.5, 0.6) is 11.5 Å². The quantitative estimate of drug-likeness (QED) is 0.815. The number of carbonyl (C=O) groups is 1. The summed E-state index contributed by atoms with van der Waals surface area (Å²) in [7, 11) is 0. The van der Waals surface area contributed by atoms with Gasteiger partial charge in [-0.05, 0) is 30.3 Å².